The Morgan fingerprint density at radius 1 is 0.972 bits per heavy atom. The molecule has 3 aromatic carbocycles. The quantitative estimate of drug-likeness (QED) is 0.243. The van der Waals surface area contributed by atoms with E-state index in [2.05, 4.69) is 4.98 Å². The summed E-state index contributed by atoms with van der Waals surface area (Å²) < 4.78 is 19.3. The summed E-state index contributed by atoms with van der Waals surface area (Å²) >= 11 is 12.2. The predicted octanol–water partition coefficient (Wildman–Crippen LogP) is 6.49. The van der Waals surface area contributed by atoms with E-state index < -0.39 is 5.97 Å². The van der Waals surface area contributed by atoms with Crippen LogP contribution in [0.25, 0.3) is 11.0 Å². The van der Waals surface area contributed by atoms with Gasteiger partial charge in [-0.25, -0.2) is 4.98 Å². The van der Waals surface area contributed by atoms with Gasteiger partial charge in [0.1, 0.15) is 36.3 Å². The minimum Gasteiger partial charge on any atom is -0.497 e. The summed E-state index contributed by atoms with van der Waals surface area (Å²) in [5.41, 5.74) is 3.32. The first kappa shape index (κ1) is 27.5. The lowest BCUT2D eigenvalue weighted by Crippen LogP contribution is -2.05. The number of aromatic nitrogens is 2. The number of methoxy groups -OCH3 is 1. The van der Waals surface area contributed by atoms with Crippen molar-refractivity contribution in [3.05, 3.63) is 81.6 Å². The molecule has 0 spiro atoms. The number of ether oxygens (including phenoxy) is 3. The number of aryl methyl sites for hydroxylation is 2. The van der Waals surface area contributed by atoms with Crippen molar-refractivity contribution in [2.45, 2.75) is 26.1 Å². The number of halogens is 3. The van der Waals surface area contributed by atoms with Gasteiger partial charge >= 0.3 is 5.97 Å². The molecule has 4 aromatic rings. The van der Waals surface area contributed by atoms with Crippen LogP contribution < -0.4 is 14.2 Å². The first-order valence-electron chi connectivity index (χ1n) is 10.9. The summed E-state index contributed by atoms with van der Waals surface area (Å²) in [6.07, 6.45) is 0.313. The van der Waals surface area contributed by atoms with Crippen LogP contribution >= 0.6 is 35.6 Å². The van der Waals surface area contributed by atoms with Crippen LogP contribution in [0.3, 0.4) is 0 Å². The third kappa shape index (κ3) is 6.55. The van der Waals surface area contributed by atoms with Gasteiger partial charge in [0.25, 0.3) is 0 Å². The van der Waals surface area contributed by atoms with Crippen molar-refractivity contribution in [2.75, 3.05) is 7.11 Å². The molecule has 0 saturated carbocycles. The third-order valence-electron chi connectivity index (χ3n) is 5.59. The molecule has 1 N–H and O–H groups in total. The lowest BCUT2D eigenvalue weighted by Gasteiger charge is -2.14. The maximum atomic E-state index is 11.1. The van der Waals surface area contributed by atoms with Gasteiger partial charge in [-0.1, -0.05) is 35.3 Å². The average molecular weight is 552 g/mol. The molecule has 0 amide bonds. The van der Waals surface area contributed by atoms with E-state index in [1.807, 2.05) is 35.9 Å². The van der Waals surface area contributed by atoms with Crippen molar-refractivity contribution >= 4 is 52.6 Å². The van der Waals surface area contributed by atoms with E-state index in [0.717, 1.165) is 33.7 Å². The Hall–Kier alpha value is -3.13. The van der Waals surface area contributed by atoms with Crippen molar-refractivity contribution in [1.82, 2.24) is 9.55 Å². The van der Waals surface area contributed by atoms with Crippen LogP contribution in [0, 0.1) is 0 Å². The zero-order chi connectivity index (χ0) is 24.9. The molecule has 0 atom stereocenters. The molecule has 0 aliphatic rings. The van der Waals surface area contributed by atoms with E-state index in [0.29, 0.717) is 28.0 Å². The first-order chi connectivity index (χ1) is 16.8. The van der Waals surface area contributed by atoms with E-state index in [-0.39, 0.29) is 32.0 Å². The van der Waals surface area contributed by atoms with Gasteiger partial charge in [0.15, 0.2) is 0 Å². The van der Waals surface area contributed by atoms with E-state index in [9.17, 15) is 4.79 Å². The van der Waals surface area contributed by atoms with Crippen LogP contribution in [-0.4, -0.2) is 27.7 Å². The summed E-state index contributed by atoms with van der Waals surface area (Å²) in [7, 11) is 3.55. The van der Waals surface area contributed by atoms with Crippen molar-refractivity contribution in [3.8, 4) is 17.2 Å². The molecular weight excluding hydrogens is 527 g/mol. The van der Waals surface area contributed by atoms with Crippen molar-refractivity contribution < 1.29 is 24.1 Å². The van der Waals surface area contributed by atoms with E-state index in [1.54, 1.807) is 37.4 Å². The molecule has 36 heavy (non-hydrogen) atoms. The van der Waals surface area contributed by atoms with Crippen molar-refractivity contribution in [2.24, 2.45) is 7.05 Å². The van der Waals surface area contributed by atoms with E-state index in [4.69, 9.17) is 42.5 Å². The molecule has 1 heterocycles. The van der Waals surface area contributed by atoms with Gasteiger partial charge in [0.05, 0.1) is 18.1 Å². The second-order valence-corrected chi connectivity index (χ2v) is 8.76. The van der Waals surface area contributed by atoms with Crippen LogP contribution in [-0.2, 0) is 31.5 Å². The van der Waals surface area contributed by atoms with Crippen LogP contribution in [0.4, 0.5) is 0 Å². The molecule has 0 bridgehead atoms. The van der Waals surface area contributed by atoms with Gasteiger partial charge < -0.3 is 23.9 Å². The number of carboxylic acid groups (broad SMARTS) is 1. The Bertz CT molecular complexity index is 1370. The van der Waals surface area contributed by atoms with Crippen molar-refractivity contribution in [3.63, 3.8) is 0 Å². The maximum absolute atomic E-state index is 11.1. The number of hydrogen-bond donors (Lipinski definition) is 1. The Kier molecular flexibility index (Phi) is 9.31. The summed E-state index contributed by atoms with van der Waals surface area (Å²) in [4.78, 5) is 15.7. The molecular formula is C26H25Cl3N2O5. The lowest BCUT2D eigenvalue weighted by molar-refractivity contribution is -0.136. The van der Waals surface area contributed by atoms with E-state index >= 15 is 0 Å². The maximum Gasteiger partial charge on any atom is 0.303 e. The number of hydrogen-bond acceptors (Lipinski definition) is 5. The Morgan fingerprint density at radius 3 is 2.44 bits per heavy atom. The Balaban J connectivity index is 0.00000361. The highest BCUT2D eigenvalue weighted by atomic mass is 35.5. The second-order valence-electron chi connectivity index (χ2n) is 7.92. The molecule has 0 unspecified atom stereocenters. The largest absolute Gasteiger partial charge is 0.497 e. The number of imidazole rings is 1. The third-order valence-corrected chi connectivity index (χ3v) is 6.18. The zero-order valence-corrected chi connectivity index (χ0v) is 22.0. The molecule has 190 valence electrons. The molecule has 1 aromatic heterocycles. The molecule has 7 nitrogen and oxygen atoms in total. The van der Waals surface area contributed by atoms with Gasteiger partial charge in [-0.15, -0.1) is 12.4 Å². The summed E-state index contributed by atoms with van der Waals surface area (Å²) in [6.45, 7) is 0.441. The average Bonchev–Trinajstić information content (AvgIpc) is 3.16. The normalized spacial score (nSPS) is 10.7. The summed E-state index contributed by atoms with van der Waals surface area (Å²) in [6, 6.07) is 16.3. The SMILES string of the molecule is COc1ccc2nc(COc3ccc(CCC(=O)O)c(OCc4ccc(Cl)cc4Cl)c3)n(C)c2c1.Cl. The summed E-state index contributed by atoms with van der Waals surface area (Å²) in [5, 5.41) is 10.1. The molecule has 0 saturated heterocycles. The van der Waals surface area contributed by atoms with Crippen LogP contribution in [0.2, 0.25) is 10.0 Å². The van der Waals surface area contributed by atoms with Gasteiger partial charge in [-0.2, -0.15) is 0 Å². The highest BCUT2D eigenvalue weighted by molar-refractivity contribution is 6.35. The smallest absolute Gasteiger partial charge is 0.303 e. The highest BCUT2D eigenvalue weighted by Crippen LogP contribution is 2.29. The monoisotopic (exact) mass is 550 g/mol. The van der Waals surface area contributed by atoms with Crippen LogP contribution in [0.15, 0.2) is 54.6 Å². The van der Waals surface area contributed by atoms with Gasteiger partial charge in [0.2, 0.25) is 0 Å². The van der Waals surface area contributed by atoms with Gasteiger partial charge in [-0.3, -0.25) is 4.79 Å². The fourth-order valence-corrected chi connectivity index (χ4v) is 4.09. The van der Waals surface area contributed by atoms with Gasteiger partial charge in [-0.05, 0) is 42.3 Å². The molecule has 0 aliphatic heterocycles. The minimum atomic E-state index is -0.879. The number of nitrogens with zero attached hydrogens (tertiary/aromatic N) is 2. The van der Waals surface area contributed by atoms with Gasteiger partial charge in [0, 0.05) is 41.2 Å². The molecule has 0 aliphatic carbocycles. The fourth-order valence-electron chi connectivity index (χ4n) is 3.62. The topological polar surface area (TPSA) is 82.8 Å². The molecule has 10 heteroatoms. The standard InChI is InChI=1S/C26H24Cl2N2O5.ClH/c1-30-23-12-19(33-2)8-9-22(23)29-25(30)15-34-20-7-4-16(5-10-26(31)32)24(13-20)35-14-17-3-6-18(27)11-21(17)28;/h3-4,6-9,11-13H,5,10,14-15H2,1-2H3,(H,31,32);1H. The summed E-state index contributed by atoms with van der Waals surface area (Å²) in [5.74, 6) is 1.73. The number of rotatable bonds is 10. The molecule has 0 radical (unpaired) electrons. The number of benzene rings is 3. The molecule has 0 fully saturated rings. The van der Waals surface area contributed by atoms with Crippen LogP contribution in [0.1, 0.15) is 23.4 Å². The Morgan fingerprint density at radius 2 is 1.72 bits per heavy atom. The fraction of sp³-hybridized carbons (Fsp3) is 0.231. The molecule has 4 rings (SSSR count). The number of fused-ring (bicyclic) bond motifs is 1. The van der Waals surface area contributed by atoms with E-state index in [1.165, 1.54) is 0 Å². The Labute approximate surface area is 224 Å². The highest BCUT2D eigenvalue weighted by Gasteiger charge is 2.13. The number of carboxylic acids is 1. The van der Waals surface area contributed by atoms with Crippen LogP contribution in [0.5, 0.6) is 17.2 Å². The lowest BCUT2D eigenvalue weighted by atomic mass is 10.1. The minimum absolute atomic E-state index is 0. The first-order valence-corrected chi connectivity index (χ1v) is 11.6. The van der Waals surface area contributed by atoms with Crippen molar-refractivity contribution in [1.29, 1.82) is 0 Å². The zero-order valence-electron chi connectivity index (χ0n) is 19.7. The second kappa shape index (κ2) is 12.2. The number of aliphatic carboxylic acids is 1. The number of carbonyl (C=O) groups is 1. The predicted molar refractivity (Wildman–Crippen MR) is 142 cm³/mol.